The largest absolute Gasteiger partial charge is 0.444 e. The second kappa shape index (κ2) is 7.33. The first-order valence-electron chi connectivity index (χ1n) is 10.1. The average Bonchev–Trinajstić information content (AvgIpc) is 2.93. The molecule has 1 aromatic rings. The Hall–Kier alpha value is -2.18. The molecule has 0 N–H and O–H groups in total. The smallest absolute Gasteiger partial charge is 0.410 e. The van der Waals surface area contributed by atoms with E-state index in [0.717, 1.165) is 36.2 Å². The van der Waals surface area contributed by atoms with Crippen molar-refractivity contribution < 1.29 is 14.3 Å². The lowest BCUT2D eigenvalue weighted by Gasteiger charge is -2.43. The van der Waals surface area contributed by atoms with Crippen LogP contribution in [0.25, 0.3) is 0 Å². The van der Waals surface area contributed by atoms with E-state index in [0.29, 0.717) is 19.5 Å². The van der Waals surface area contributed by atoms with E-state index in [2.05, 4.69) is 10.1 Å². The van der Waals surface area contributed by atoms with Crippen LogP contribution in [0.4, 0.5) is 4.79 Å². The summed E-state index contributed by atoms with van der Waals surface area (Å²) in [6.45, 7) is 10.9. The number of Topliss-reactive ketones (excluding diaryl/α,β-unsaturated/α-hetero) is 1. The van der Waals surface area contributed by atoms with Crippen molar-refractivity contribution in [1.29, 1.82) is 0 Å². The number of amides is 1. The van der Waals surface area contributed by atoms with Crippen LogP contribution in [-0.2, 0) is 11.2 Å². The van der Waals surface area contributed by atoms with Crippen LogP contribution in [0, 0.1) is 5.41 Å². The topological polar surface area (TPSA) is 76.8 Å². The Balaban J connectivity index is 1.81. The molecule has 0 unspecified atom stereocenters. The Bertz CT molecular complexity index is 793. The third-order valence-electron chi connectivity index (χ3n) is 5.61. The normalized spacial score (nSPS) is 19.5. The predicted octanol–water partition coefficient (Wildman–Crippen LogP) is 3.66. The number of aromatic nitrogens is 2. The summed E-state index contributed by atoms with van der Waals surface area (Å²) in [7, 11) is 1.72. The molecule has 0 aromatic carbocycles. The molecule has 0 bridgehead atoms. The molecular weight excluding hydrogens is 356 g/mol. The van der Waals surface area contributed by atoms with Crippen LogP contribution >= 0.6 is 0 Å². The predicted molar refractivity (Wildman–Crippen MR) is 108 cm³/mol. The van der Waals surface area contributed by atoms with E-state index in [-0.39, 0.29) is 23.3 Å². The molecule has 1 aromatic heterocycles. The molecule has 0 saturated carbocycles. The van der Waals surface area contributed by atoms with Crippen LogP contribution in [0.5, 0.6) is 0 Å². The first-order valence-corrected chi connectivity index (χ1v) is 10.1. The second-order valence-electron chi connectivity index (χ2n) is 9.38. The summed E-state index contributed by atoms with van der Waals surface area (Å²) in [5.74, 6) is 0.156. The quantitative estimate of drug-likeness (QED) is 0.725. The summed E-state index contributed by atoms with van der Waals surface area (Å²) in [6.07, 6.45) is 4.41. The van der Waals surface area contributed by atoms with E-state index in [1.54, 1.807) is 18.2 Å². The molecule has 7 nitrogen and oxygen atoms in total. The third kappa shape index (κ3) is 3.98. The van der Waals surface area contributed by atoms with Gasteiger partial charge in [0.1, 0.15) is 17.0 Å². The number of piperidine rings is 1. The van der Waals surface area contributed by atoms with Crippen molar-refractivity contribution in [1.82, 2.24) is 14.7 Å². The minimum absolute atomic E-state index is 0.107. The summed E-state index contributed by atoms with van der Waals surface area (Å²) < 4.78 is 7.34. The highest BCUT2D eigenvalue weighted by Crippen LogP contribution is 2.44. The lowest BCUT2D eigenvalue weighted by molar-refractivity contribution is 0.00878. The molecule has 154 valence electrons. The number of hydrogen-bond donors (Lipinski definition) is 0. The fraction of sp³-hybridized carbons (Fsp3) is 0.714. The Labute approximate surface area is 167 Å². The van der Waals surface area contributed by atoms with Gasteiger partial charge in [0.15, 0.2) is 5.78 Å². The number of carbonyl (C=O) groups is 2. The van der Waals surface area contributed by atoms with E-state index >= 15 is 0 Å². The Morgan fingerprint density at radius 1 is 1.25 bits per heavy atom. The number of likely N-dealkylation sites (tertiary alicyclic amines) is 1. The van der Waals surface area contributed by atoms with Gasteiger partial charge in [-0.2, -0.15) is 5.10 Å². The number of fused-ring (bicyclic) bond motifs is 1. The van der Waals surface area contributed by atoms with Crippen LogP contribution in [0.15, 0.2) is 4.99 Å². The number of ether oxygens (including phenoxy) is 1. The van der Waals surface area contributed by atoms with E-state index in [1.807, 2.05) is 39.3 Å². The summed E-state index contributed by atoms with van der Waals surface area (Å²) in [5, 5.41) is 4.65. The second-order valence-corrected chi connectivity index (χ2v) is 9.38. The summed E-state index contributed by atoms with van der Waals surface area (Å²) >= 11 is 0. The number of ketones is 1. The highest BCUT2D eigenvalue weighted by atomic mass is 16.6. The van der Waals surface area contributed by atoms with E-state index < -0.39 is 5.60 Å². The van der Waals surface area contributed by atoms with Crippen LogP contribution in [0.3, 0.4) is 0 Å². The molecule has 1 amide bonds. The van der Waals surface area contributed by atoms with Gasteiger partial charge in [-0.25, -0.2) is 4.79 Å². The van der Waals surface area contributed by atoms with Crippen molar-refractivity contribution in [3.63, 3.8) is 0 Å². The minimum atomic E-state index is -0.498. The van der Waals surface area contributed by atoms with Gasteiger partial charge in [0.05, 0.1) is 0 Å². The molecule has 7 heteroatoms. The summed E-state index contributed by atoms with van der Waals surface area (Å²) in [5.41, 5.74) is 1.95. The van der Waals surface area contributed by atoms with Crippen LogP contribution in [0.1, 0.15) is 81.7 Å². The molecule has 2 aliphatic rings. The SMILES string of the molecule is CN=Cc1nn(C(C)C)c2c1CC1(CCN(C(=O)OC(C)(C)C)CC1)CC2=O. The van der Waals surface area contributed by atoms with E-state index in [1.165, 1.54) is 0 Å². The fourth-order valence-electron chi connectivity index (χ4n) is 4.26. The number of hydrogen-bond acceptors (Lipinski definition) is 5. The van der Waals surface area contributed by atoms with Crippen LogP contribution in [0.2, 0.25) is 0 Å². The van der Waals surface area contributed by atoms with Crippen LogP contribution in [-0.4, -0.2) is 58.5 Å². The average molecular weight is 389 g/mol. The van der Waals surface area contributed by atoms with Gasteiger partial charge in [-0.3, -0.25) is 14.5 Å². The molecule has 1 aliphatic heterocycles. The van der Waals surface area contributed by atoms with Gasteiger partial charge in [0.25, 0.3) is 0 Å². The highest BCUT2D eigenvalue weighted by molar-refractivity contribution is 6.00. The third-order valence-corrected chi connectivity index (χ3v) is 5.61. The van der Waals surface area contributed by atoms with Crippen molar-refractivity contribution in [3.8, 4) is 0 Å². The standard InChI is InChI=1S/C21H32N4O3/c1-14(2)25-18-15(16(23-25)13-22-6)11-21(12-17(18)26)7-9-24(10-8-21)19(27)28-20(3,4)5/h13-14H,7-12H2,1-6H3. The molecule has 3 rings (SSSR count). The summed E-state index contributed by atoms with van der Waals surface area (Å²) in [6, 6.07) is 0.125. The molecular formula is C21H32N4O3. The van der Waals surface area contributed by atoms with Crippen molar-refractivity contribution in [3.05, 3.63) is 17.0 Å². The maximum atomic E-state index is 13.1. The lowest BCUT2D eigenvalue weighted by atomic mass is 9.66. The Kier molecular flexibility index (Phi) is 5.38. The monoisotopic (exact) mass is 388 g/mol. The molecule has 28 heavy (non-hydrogen) atoms. The molecule has 2 heterocycles. The van der Waals surface area contributed by atoms with Crippen molar-refractivity contribution in [2.75, 3.05) is 20.1 Å². The molecule has 0 atom stereocenters. The first kappa shape index (κ1) is 20.6. The van der Waals surface area contributed by atoms with Gasteiger partial charge < -0.3 is 9.64 Å². The molecule has 1 aliphatic carbocycles. The van der Waals surface area contributed by atoms with Gasteiger partial charge in [0.2, 0.25) is 0 Å². The molecule has 0 radical (unpaired) electrons. The minimum Gasteiger partial charge on any atom is -0.444 e. The van der Waals surface area contributed by atoms with Gasteiger partial charge >= 0.3 is 6.09 Å². The lowest BCUT2D eigenvalue weighted by Crippen LogP contribution is -2.47. The fourth-order valence-corrected chi connectivity index (χ4v) is 4.26. The maximum absolute atomic E-state index is 13.1. The van der Waals surface area contributed by atoms with Gasteiger partial charge in [0, 0.05) is 44.4 Å². The number of nitrogens with zero attached hydrogens (tertiary/aromatic N) is 4. The van der Waals surface area contributed by atoms with Crippen molar-refractivity contribution in [2.45, 2.75) is 71.9 Å². The van der Waals surface area contributed by atoms with Gasteiger partial charge in [-0.1, -0.05) is 0 Å². The van der Waals surface area contributed by atoms with E-state index in [4.69, 9.17) is 4.74 Å². The Morgan fingerprint density at radius 3 is 2.43 bits per heavy atom. The highest BCUT2D eigenvalue weighted by Gasteiger charge is 2.44. The Morgan fingerprint density at radius 2 is 1.89 bits per heavy atom. The number of aliphatic imine (C=N–C) groups is 1. The molecule has 1 saturated heterocycles. The maximum Gasteiger partial charge on any atom is 0.410 e. The van der Waals surface area contributed by atoms with Crippen molar-refractivity contribution >= 4 is 18.1 Å². The number of carbonyl (C=O) groups excluding carboxylic acids is 2. The number of rotatable bonds is 2. The summed E-state index contributed by atoms with van der Waals surface area (Å²) in [4.78, 5) is 31.4. The van der Waals surface area contributed by atoms with Gasteiger partial charge in [-0.15, -0.1) is 0 Å². The zero-order valence-corrected chi connectivity index (χ0v) is 17.9. The zero-order valence-electron chi connectivity index (χ0n) is 17.9. The van der Waals surface area contributed by atoms with Crippen LogP contribution < -0.4 is 0 Å². The first-order chi connectivity index (χ1) is 13.1. The molecule has 1 fully saturated rings. The van der Waals surface area contributed by atoms with Crippen molar-refractivity contribution in [2.24, 2.45) is 10.4 Å². The molecule has 1 spiro atoms. The van der Waals surface area contributed by atoms with E-state index in [9.17, 15) is 9.59 Å². The zero-order chi connectivity index (χ0) is 20.7. The van der Waals surface area contributed by atoms with Gasteiger partial charge in [-0.05, 0) is 59.3 Å².